The molecule has 1 unspecified atom stereocenters. The molecule has 3 atom stereocenters. The molecule has 1 fully saturated rings. The second-order valence-corrected chi connectivity index (χ2v) is 11.3. The number of amides is 2. The quantitative estimate of drug-likeness (QED) is 0.387. The van der Waals surface area contributed by atoms with E-state index in [0.29, 0.717) is 23.6 Å². The molecule has 2 N–H and O–H groups in total. The lowest BCUT2D eigenvalue weighted by Crippen LogP contribution is -2.52. The molecule has 0 spiro atoms. The Hall–Kier alpha value is -4.23. The van der Waals surface area contributed by atoms with Crippen LogP contribution in [-0.2, 0) is 4.79 Å². The number of aromatic amines is 1. The van der Waals surface area contributed by atoms with E-state index < -0.39 is 28.7 Å². The molecule has 0 radical (unpaired) electrons. The number of nitrogens with one attached hydrogen (secondary N) is 2. The second-order valence-electron chi connectivity index (χ2n) is 10.8. The van der Waals surface area contributed by atoms with E-state index in [1.807, 2.05) is 12.1 Å². The number of likely N-dealkylation sites (tertiary alicyclic amines) is 1. The van der Waals surface area contributed by atoms with Crippen molar-refractivity contribution in [1.29, 1.82) is 5.26 Å². The number of benzene rings is 2. The highest BCUT2D eigenvalue weighted by atomic mass is 35.5. The molecule has 2 heterocycles. The van der Waals surface area contributed by atoms with Gasteiger partial charge in [0.1, 0.15) is 6.04 Å². The van der Waals surface area contributed by atoms with Crippen LogP contribution in [0.2, 0.25) is 5.02 Å². The zero-order valence-corrected chi connectivity index (χ0v) is 24.2. The Morgan fingerprint density at radius 3 is 2.63 bits per heavy atom. The maximum absolute atomic E-state index is 15.1. The van der Waals surface area contributed by atoms with Crippen LogP contribution in [-0.4, -0.2) is 39.0 Å². The number of halogens is 2. The molecule has 1 aliphatic heterocycles. The minimum Gasteiger partial charge on any atom is -0.448 e. The highest BCUT2D eigenvalue weighted by Gasteiger charge is 2.46. The standard InChI is InChI=1S/C30H31ClFN5O4/c1-16-11-20(14-22(32)26(16)41-24-12-17(2)35-36-28(24)39)27(38)34-18(3)29(40)37-23(19-7-6-8-21(31)13-19)9-10-25(37)30(4,5)15-33/h6-8,11-14,18,23,25H,9-10H2,1-5H3,(H,34,38)(H,36,39)/t18?,23-,25+/m0/s1. The number of H-pyrrole nitrogens is 1. The minimum atomic E-state index is -0.975. The number of aryl methyl sites for hydroxylation is 2. The highest BCUT2D eigenvalue weighted by Crippen LogP contribution is 2.43. The third kappa shape index (κ3) is 6.25. The second kappa shape index (κ2) is 11.7. The van der Waals surface area contributed by atoms with Crippen LogP contribution in [0.25, 0.3) is 0 Å². The zero-order valence-electron chi connectivity index (χ0n) is 23.4. The third-order valence-corrected chi connectivity index (χ3v) is 7.55. The number of carbonyl (C=O) groups excluding carboxylic acids is 2. The van der Waals surface area contributed by atoms with Crippen molar-refractivity contribution in [1.82, 2.24) is 20.4 Å². The molecule has 0 aliphatic carbocycles. The van der Waals surface area contributed by atoms with E-state index in [4.69, 9.17) is 16.3 Å². The molecule has 1 aliphatic rings. The van der Waals surface area contributed by atoms with Crippen molar-refractivity contribution in [2.24, 2.45) is 5.41 Å². The average molecular weight is 580 g/mol. The van der Waals surface area contributed by atoms with E-state index in [-0.39, 0.29) is 40.6 Å². The molecule has 0 bridgehead atoms. The number of hydrogen-bond acceptors (Lipinski definition) is 6. The molecule has 3 aromatic rings. The Morgan fingerprint density at radius 2 is 1.98 bits per heavy atom. The zero-order chi connectivity index (χ0) is 30.1. The van der Waals surface area contributed by atoms with Gasteiger partial charge in [0.05, 0.1) is 29.3 Å². The summed E-state index contributed by atoms with van der Waals surface area (Å²) in [6.07, 6.45) is 1.24. The van der Waals surface area contributed by atoms with Gasteiger partial charge in [-0.3, -0.25) is 14.4 Å². The highest BCUT2D eigenvalue weighted by molar-refractivity contribution is 6.30. The summed E-state index contributed by atoms with van der Waals surface area (Å²) in [6, 6.07) is 11.7. The van der Waals surface area contributed by atoms with Gasteiger partial charge < -0.3 is 15.0 Å². The number of nitriles is 1. The first kappa shape index (κ1) is 29.7. The van der Waals surface area contributed by atoms with Gasteiger partial charge in [0.25, 0.3) is 5.91 Å². The third-order valence-electron chi connectivity index (χ3n) is 7.31. The first-order valence-electron chi connectivity index (χ1n) is 13.2. The molecule has 2 aromatic carbocycles. The van der Waals surface area contributed by atoms with Crippen molar-refractivity contribution in [2.45, 2.75) is 65.6 Å². The van der Waals surface area contributed by atoms with Crippen molar-refractivity contribution in [3.8, 4) is 17.6 Å². The summed E-state index contributed by atoms with van der Waals surface area (Å²) >= 11 is 6.23. The van der Waals surface area contributed by atoms with E-state index in [0.717, 1.165) is 11.6 Å². The normalized spacial score (nSPS) is 17.6. The Labute approximate surface area is 242 Å². The molecular formula is C30H31ClFN5O4. The molecule has 9 nitrogen and oxygen atoms in total. The molecule has 1 saturated heterocycles. The van der Waals surface area contributed by atoms with Crippen LogP contribution in [0.1, 0.15) is 66.8 Å². The molecule has 214 valence electrons. The van der Waals surface area contributed by atoms with Gasteiger partial charge in [-0.15, -0.1) is 0 Å². The van der Waals surface area contributed by atoms with Gasteiger partial charge in [-0.2, -0.15) is 10.4 Å². The van der Waals surface area contributed by atoms with Crippen LogP contribution in [0.5, 0.6) is 11.5 Å². The topological polar surface area (TPSA) is 128 Å². The maximum atomic E-state index is 15.1. The first-order chi connectivity index (χ1) is 19.3. The van der Waals surface area contributed by atoms with Crippen LogP contribution >= 0.6 is 11.6 Å². The number of aromatic nitrogens is 2. The first-order valence-corrected chi connectivity index (χ1v) is 13.5. The van der Waals surface area contributed by atoms with Crippen molar-refractivity contribution < 1.29 is 18.7 Å². The summed E-state index contributed by atoms with van der Waals surface area (Å²) in [4.78, 5) is 40.7. The lowest BCUT2D eigenvalue weighted by Gasteiger charge is -2.38. The Morgan fingerprint density at radius 1 is 1.24 bits per heavy atom. The summed E-state index contributed by atoms with van der Waals surface area (Å²) in [7, 11) is 0. The lowest BCUT2D eigenvalue weighted by molar-refractivity contribution is -0.137. The molecule has 11 heteroatoms. The molecule has 2 amide bonds. The molecule has 1 aromatic heterocycles. The predicted octanol–water partition coefficient (Wildman–Crippen LogP) is 5.37. The SMILES string of the molecule is Cc1cc(Oc2c(C)cc(C(=O)NC(C)C(=O)N3[C@H](c4cccc(Cl)c4)CC[C@@H]3C(C)(C)C#N)cc2F)c(=O)[nH]n1. The Balaban J connectivity index is 1.56. The van der Waals surface area contributed by atoms with E-state index in [1.54, 1.807) is 51.7 Å². The van der Waals surface area contributed by atoms with Crippen LogP contribution in [0.15, 0.2) is 47.3 Å². The summed E-state index contributed by atoms with van der Waals surface area (Å²) in [5.41, 5.74) is 0.116. The number of rotatable bonds is 7. The molecular weight excluding hydrogens is 549 g/mol. The van der Waals surface area contributed by atoms with E-state index >= 15 is 4.39 Å². The molecule has 0 saturated carbocycles. The van der Waals surface area contributed by atoms with E-state index in [9.17, 15) is 19.6 Å². The number of nitrogens with zero attached hydrogens (tertiary/aromatic N) is 3. The number of ether oxygens (including phenoxy) is 1. The largest absolute Gasteiger partial charge is 0.448 e. The fraction of sp³-hybridized carbons (Fsp3) is 0.367. The average Bonchev–Trinajstić information content (AvgIpc) is 3.38. The summed E-state index contributed by atoms with van der Waals surface area (Å²) < 4.78 is 20.6. The van der Waals surface area contributed by atoms with Crippen LogP contribution in [0, 0.1) is 36.4 Å². The fourth-order valence-electron chi connectivity index (χ4n) is 5.17. The van der Waals surface area contributed by atoms with Crippen molar-refractivity contribution in [3.05, 3.63) is 86.0 Å². The van der Waals surface area contributed by atoms with Gasteiger partial charge in [-0.25, -0.2) is 9.49 Å². The van der Waals surface area contributed by atoms with Gasteiger partial charge in [-0.05, 0) is 82.9 Å². The summed E-state index contributed by atoms with van der Waals surface area (Å²) in [5, 5.41) is 19.1. The fourth-order valence-corrected chi connectivity index (χ4v) is 5.37. The van der Waals surface area contributed by atoms with Crippen molar-refractivity contribution in [3.63, 3.8) is 0 Å². The van der Waals surface area contributed by atoms with Crippen molar-refractivity contribution >= 4 is 23.4 Å². The maximum Gasteiger partial charge on any atom is 0.307 e. The van der Waals surface area contributed by atoms with Gasteiger partial charge in [-0.1, -0.05) is 23.7 Å². The summed E-state index contributed by atoms with van der Waals surface area (Å²) in [5.74, 6) is -2.21. The Kier molecular flexibility index (Phi) is 8.50. The summed E-state index contributed by atoms with van der Waals surface area (Å²) in [6.45, 7) is 8.32. The van der Waals surface area contributed by atoms with Gasteiger partial charge in [0.15, 0.2) is 17.3 Å². The number of carbonyl (C=O) groups is 2. The predicted molar refractivity (Wildman–Crippen MR) is 151 cm³/mol. The van der Waals surface area contributed by atoms with Crippen molar-refractivity contribution in [2.75, 3.05) is 0 Å². The van der Waals surface area contributed by atoms with Crippen LogP contribution < -0.4 is 15.6 Å². The van der Waals surface area contributed by atoms with Crippen LogP contribution in [0.4, 0.5) is 4.39 Å². The van der Waals surface area contributed by atoms with Crippen LogP contribution in [0.3, 0.4) is 0 Å². The smallest absolute Gasteiger partial charge is 0.307 e. The van der Waals surface area contributed by atoms with Gasteiger partial charge in [0.2, 0.25) is 5.91 Å². The monoisotopic (exact) mass is 579 g/mol. The van der Waals surface area contributed by atoms with E-state index in [1.165, 1.54) is 12.1 Å². The van der Waals surface area contributed by atoms with Gasteiger partial charge in [0, 0.05) is 16.7 Å². The molecule has 41 heavy (non-hydrogen) atoms. The number of hydrogen-bond donors (Lipinski definition) is 2. The minimum absolute atomic E-state index is 0.0199. The van der Waals surface area contributed by atoms with Gasteiger partial charge >= 0.3 is 5.56 Å². The van der Waals surface area contributed by atoms with E-state index in [2.05, 4.69) is 21.6 Å². The Bertz CT molecular complexity index is 1580. The molecule has 4 rings (SSSR count). The lowest BCUT2D eigenvalue weighted by atomic mass is 9.84.